The number of ether oxygens (including phenoxy) is 1. The maximum absolute atomic E-state index is 12.8. The molecule has 7 heteroatoms. The van der Waals surface area contributed by atoms with Crippen LogP contribution in [0.2, 0.25) is 0 Å². The average Bonchev–Trinajstić information content (AvgIpc) is 3.27. The molecule has 2 saturated heterocycles. The van der Waals surface area contributed by atoms with Gasteiger partial charge in [-0.05, 0) is 62.0 Å². The third-order valence-corrected chi connectivity index (χ3v) is 6.13. The summed E-state index contributed by atoms with van der Waals surface area (Å²) in [4.78, 5) is 19.3. The van der Waals surface area contributed by atoms with Gasteiger partial charge in [0.15, 0.2) is 5.13 Å². The fraction of sp³-hybridized carbons (Fsp3) is 0.474. The molecule has 138 valence electrons. The summed E-state index contributed by atoms with van der Waals surface area (Å²) in [6.45, 7) is 3.86. The number of anilines is 2. The molecular formula is C19H24N4O2S. The summed E-state index contributed by atoms with van der Waals surface area (Å²) in [6, 6.07) is 7.66. The molecule has 0 saturated carbocycles. The van der Waals surface area contributed by atoms with Crippen molar-refractivity contribution in [1.29, 1.82) is 0 Å². The highest BCUT2D eigenvalue weighted by molar-refractivity contribution is 7.14. The number of rotatable bonds is 4. The van der Waals surface area contributed by atoms with Crippen LogP contribution in [-0.4, -0.2) is 49.1 Å². The Morgan fingerprint density at radius 2 is 1.92 bits per heavy atom. The van der Waals surface area contributed by atoms with E-state index in [1.54, 1.807) is 7.11 Å². The Bertz CT molecular complexity index is 747. The molecule has 2 aromatic rings. The Labute approximate surface area is 157 Å². The van der Waals surface area contributed by atoms with Gasteiger partial charge in [0, 0.05) is 24.2 Å². The fourth-order valence-corrected chi connectivity index (χ4v) is 4.52. The van der Waals surface area contributed by atoms with Crippen LogP contribution in [0.15, 0.2) is 29.6 Å². The maximum Gasteiger partial charge on any atom is 0.273 e. The normalized spacial score (nSPS) is 22.6. The van der Waals surface area contributed by atoms with Gasteiger partial charge in [-0.15, -0.1) is 11.3 Å². The predicted octanol–water partition coefficient (Wildman–Crippen LogP) is 2.97. The SMILES string of the molecule is COc1ccc(Nc2nc(C(=O)N3CC[C@@H]4CNC[C@@H]4CC3)cs2)cc1. The predicted molar refractivity (Wildman–Crippen MR) is 103 cm³/mol. The van der Waals surface area contributed by atoms with Gasteiger partial charge in [0.2, 0.25) is 0 Å². The molecule has 2 aliphatic heterocycles. The molecule has 2 N–H and O–H groups in total. The van der Waals surface area contributed by atoms with Gasteiger partial charge in [-0.3, -0.25) is 4.79 Å². The number of methoxy groups -OCH3 is 1. The molecule has 1 aromatic heterocycles. The molecule has 0 spiro atoms. The lowest BCUT2D eigenvalue weighted by Gasteiger charge is -2.19. The van der Waals surface area contributed by atoms with Crippen LogP contribution in [-0.2, 0) is 0 Å². The summed E-state index contributed by atoms with van der Waals surface area (Å²) in [6.07, 6.45) is 2.18. The number of amides is 1. The zero-order valence-electron chi connectivity index (χ0n) is 14.9. The Morgan fingerprint density at radius 3 is 2.58 bits per heavy atom. The second kappa shape index (κ2) is 7.63. The van der Waals surface area contributed by atoms with E-state index in [0.717, 1.165) is 67.4 Å². The summed E-state index contributed by atoms with van der Waals surface area (Å²) < 4.78 is 5.16. The lowest BCUT2D eigenvalue weighted by molar-refractivity contribution is 0.0753. The first-order chi connectivity index (χ1) is 12.7. The lowest BCUT2D eigenvalue weighted by Crippen LogP contribution is -2.33. The Balaban J connectivity index is 1.39. The molecule has 2 fully saturated rings. The first-order valence-corrected chi connectivity index (χ1v) is 9.97. The van der Waals surface area contributed by atoms with Gasteiger partial charge >= 0.3 is 0 Å². The number of nitrogens with zero attached hydrogens (tertiary/aromatic N) is 2. The van der Waals surface area contributed by atoms with Crippen molar-refractivity contribution in [2.75, 3.05) is 38.6 Å². The number of thiazole rings is 1. The van der Waals surface area contributed by atoms with Gasteiger partial charge in [0.1, 0.15) is 11.4 Å². The summed E-state index contributed by atoms with van der Waals surface area (Å²) >= 11 is 1.46. The van der Waals surface area contributed by atoms with Crippen LogP contribution >= 0.6 is 11.3 Å². The number of fused-ring (bicyclic) bond motifs is 1. The molecule has 0 unspecified atom stereocenters. The largest absolute Gasteiger partial charge is 0.497 e. The smallest absolute Gasteiger partial charge is 0.273 e. The summed E-state index contributed by atoms with van der Waals surface area (Å²) in [5, 5.41) is 9.30. The van der Waals surface area contributed by atoms with Gasteiger partial charge in [-0.1, -0.05) is 0 Å². The lowest BCUT2D eigenvalue weighted by atomic mass is 9.92. The quantitative estimate of drug-likeness (QED) is 0.864. The monoisotopic (exact) mass is 372 g/mol. The molecule has 1 amide bonds. The van der Waals surface area contributed by atoms with Gasteiger partial charge in [0.25, 0.3) is 5.91 Å². The van der Waals surface area contributed by atoms with E-state index in [1.807, 2.05) is 34.5 Å². The van der Waals surface area contributed by atoms with E-state index in [0.29, 0.717) is 5.69 Å². The molecule has 4 rings (SSSR count). The van der Waals surface area contributed by atoms with E-state index in [-0.39, 0.29) is 5.91 Å². The van der Waals surface area contributed by atoms with Crippen LogP contribution in [0.25, 0.3) is 0 Å². The van der Waals surface area contributed by atoms with Crippen molar-refractivity contribution in [2.45, 2.75) is 12.8 Å². The number of likely N-dealkylation sites (tertiary alicyclic amines) is 1. The third-order valence-electron chi connectivity index (χ3n) is 5.37. The summed E-state index contributed by atoms with van der Waals surface area (Å²) in [5.74, 6) is 2.30. The number of carbonyl (C=O) groups is 1. The highest BCUT2D eigenvalue weighted by Crippen LogP contribution is 2.28. The number of carbonyl (C=O) groups excluding carboxylic acids is 1. The second-order valence-electron chi connectivity index (χ2n) is 6.94. The second-order valence-corrected chi connectivity index (χ2v) is 7.80. The van der Waals surface area contributed by atoms with Crippen LogP contribution in [0.3, 0.4) is 0 Å². The van der Waals surface area contributed by atoms with Gasteiger partial charge in [0.05, 0.1) is 7.11 Å². The maximum atomic E-state index is 12.8. The van der Waals surface area contributed by atoms with Crippen LogP contribution in [0.4, 0.5) is 10.8 Å². The van der Waals surface area contributed by atoms with E-state index in [9.17, 15) is 4.79 Å². The van der Waals surface area contributed by atoms with Crippen molar-refractivity contribution in [1.82, 2.24) is 15.2 Å². The first-order valence-electron chi connectivity index (χ1n) is 9.09. The number of hydrogen-bond acceptors (Lipinski definition) is 6. The van der Waals surface area contributed by atoms with E-state index in [2.05, 4.69) is 15.6 Å². The molecule has 2 atom stereocenters. The summed E-state index contributed by atoms with van der Waals surface area (Å²) in [5.41, 5.74) is 1.46. The Kier molecular flexibility index (Phi) is 5.08. The van der Waals surface area contributed by atoms with E-state index >= 15 is 0 Å². The van der Waals surface area contributed by atoms with Crippen LogP contribution in [0.1, 0.15) is 23.3 Å². The molecule has 0 radical (unpaired) electrons. The molecule has 0 bridgehead atoms. The van der Waals surface area contributed by atoms with Crippen molar-refractivity contribution in [3.63, 3.8) is 0 Å². The van der Waals surface area contributed by atoms with Crippen molar-refractivity contribution in [3.05, 3.63) is 35.3 Å². The number of benzene rings is 1. The molecule has 3 heterocycles. The average molecular weight is 372 g/mol. The number of hydrogen-bond donors (Lipinski definition) is 2. The zero-order valence-corrected chi connectivity index (χ0v) is 15.7. The molecule has 0 aliphatic carbocycles. The van der Waals surface area contributed by atoms with Crippen molar-refractivity contribution in [2.24, 2.45) is 11.8 Å². The Morgan fingerprint density at radius 1 is 1.23 bits per heavy atom. The fourth-order valence-electron chi connectivity index (χ4n) is 3.81. The van der Waals surface area contributed by atoms with Crippen molar-refractivity contribution < 1.29 is 9.53 Å². The molecule has 2 aliphatic rings. The molecule has 6 nitrogen and oxygen atoms in total. The van der Waals surface area contributed by atoms with E-state index < -0.39 is 0 Å². The van der Waals surface area contributed by atoms with Crippen molar-refractivity contribution in [3.8, 4) is 5.75 Å². The topological polar surface area (TPSA) is 66.5 Å². The summed E-state index contributed by atoms with van der Waals surface area (Å²) in [7, 11) is 1.65. The standard InChI is InChI=1S/C19H24N4O2S/c1-25-16-4-2-15(3-5-16)21-19-22-17(12-26-19)18(24)23-8-6-13-10-20-11-14(13)7-9-23/h2-5,12-14,20H,6-11H2,1H3,(H,21,22)/t13-,14+. The number of aromatic nitrogens is 1. The third kappa shape index (κ3) is 3.68. The van der Waals surface area contributed by atoms with Crippen LogP contribution < -0.4 is 15.4 Å². The Hall–Kier alpha value is -2.12. The minimum Gasteiger partial charge on any atom is -0.497 e. The minimum atomic E-state index is 0.0527. The zero-order chi connectivity index (χ0) is 17.9. The first kappa shape index (κ1) is 17.3. The van der Waals surface area contributed by atoms with Crippen molar-refractivity contribution >= 4 is 28.1 Å². The minimum absolute atomic E-state index is 0.0527. The van der Waals surface area contributed by atoms with Gasteiger partial charge in [-0.2, -0.15) is 0 Å². The highest BCUT2D eigenvalue weighted by atomic mass is 32.1. The molecular weight excluding hydrogens is 348 g/mol. The van der Waals surface area contributed by atoms with Gasteiger partial charge in [-0.25, -0.2) is 4.98 Å². The molecule has 26 heavy (non-hydrogen) atoms. The van der Waals surface area contributed by atoms with Crippen LogP contribution in [0, 0.1) is 11.8 Å². The van der Waals surface area contributed by atoms with Gasteiger partial charge < -0.3 is 20.3 Å². The van der Waals surface area contributed by atoms with E-state index in [1.165, 1.54) is 11.3 Å². The highest BCUT2D eigenvalue weighted by Gasteiger charge is 2.32. The molecule has 1 aromatic carbocycles. The van der Waals surface area contributed by atoms with E-state index in [4.69, 9.17) is 4.74 Å². The van der Waals surface area contributed by atoms with Crippen LogP contribution in [0.5, 0.6) is 5.75 Å². The number of nitrogens with one attached hydrogen (secondary N) is 2.